The molecule has 15 heavy (non-hydrogen) atoms. The van der Waals surface area contributed by atoms with Crippen molar-refractivity contribution in [1.82, 2.24) is 4.98 Å². The van der Waals surface area contributed by atoms with Crippen LogP contribution in [0.2, 0.25) is 0 Å². The summed E-state index contributed by atoms with van der Waals surface area (Å²) in [5.41, 5.74) is 0.476. The van der Waals surface area contributed by atoms with Gasteiger partial charge in [0.1, 0.15) is 5.75 Å². The predicted molar refractivity (Wildman–Crippen MR) is 49.9 cm³/mol. The van der Waals surface area contributed by atoms with Crippen molar-refractivity contribution in [2.24, 2.45) is 0 Å². The first kappa shape index (κ1) is 12.1. The second-order valence-electron chi connectivity index (χ2n) is 2.92. The highest BCUT2D eigenvalue weighted by Gasteiger charge is 2.38. The van der Waals surface area contributed by atoms with Gasteiger partial charge in [-0.05, 0) is 13.0 Å². The lowest BCUT2D eigenvalue weighted by atomic mass is 10.3. The molecule has 0 fully saturated rings. The molecule has 0 saturated carbocycles. The van der Waals surface area contributed by atoms with Gasteiger partial charge in [0.15, 0.2) is 6.10 Å². The molecule has 0 radical (unpaired) electrons. The molecule has 1 aromatic rings. The van der Waals surface area contributed by atoms with Gasteiger partial charge in [-0.2, -0.15) is 13.2 Å². The zero-order valence-corrected chi connectivity index (χ0v) is 8.64. The second-order valence-corrected chi connectivity index (χ2v) is 3.19. The van der Waals surface area contributed by atoms with E-state index in [4.69, 9.17) is 16.3 Å². The van der Waals surface area contributed by atoms with E-state index in [0.717, 1.165) is 6.92 Å². The van der Waals surface area contributed by atoms with Crippen molar-refractivity contribution in [1.29, 1.82) is 0 Å². The Labute approximate surface area is 90.0 Å². The summed E-state index contributed by atoms with van der Waals surface area (Å²) in [7, 11) is 0. The minimum atomic E-state index is -4.37. The highest BCUT2D eigenvalue weighted by molar-refractivity contribution is 6.16. The van der Waals surface area contributed by atoms with Crippen molar-refractivity contribution in [3.8, 4) is 5.75 Å². The zero-order valence-electron chi connectivity index (χ0n) is 7.88. The molecule has 0 N–H and O–H groups in total. The van der Waals surface area contributed by atoms with Gasteiger partial charge in [0.2, 0.25) is 0 Å². The van der Waals surface area contributed by atoms with Crippen LogP contribution in [0, 0.1) is 0 Å². The van der Waals surface area contributed by atoms with Gasteiger partial charge in [-0.3, -0.25) is 4.98 Å². The second kappa shape index (κ2) is 4.70. The Kier molecular flexibility index (Phi) is 3.79. The van der Waals surface area contributed by atoms with Gasteiger partial charge in [0.05, 0.1) is 11.6 Å². The average Bonchev–Trinajstić information content (AvgIpc) is 2.16. The van der Waals surface area contributed by atoms with E-state index in [1.165, 1.54) is 18.3 Å². The molecule has 0 bridgehead atoms. The Morgan fingerprint density at radius 1 is 1.53 bits per heavy atom. The Hall–Kier alpha value is -0.970. The molecule has 0 saturated heterocycles. The largest absolute Gasteiger partial charge is 0.481 e. The molecule has 0 aromatic carbocycles. The van der Waals surface area contributed by atoms with Crippen LogP contribution in [0.4, 0.5) is 13.2 Å². The molecule has 2 nitrogen and oxygen atoms in total. The fraction of sp³-hybridized carbons (Fsp3) is 0.444. The highest BCUT2D eigenvalue weighted by Crippen LogP contribution is 2.24. The van der Waals surface area contributed by atoms with Crippen molar-refractivity contribution in [3.63, 3.8) is 0 Å². The zero-order chi connectivity index (χ0) is 11.5. The minimum absolute atomic E-state index is 0.116. The van der Waals surface area contributed by atoms with E-state index in [2.05, 4.69) is 4.98 Å². The van der Waals surface area contributed by atoms with Crippen molar-refractivity contribution in [3.05, 3.63) is 24.0 Å². The number of rotatable bonds is 3. The first-order chi connectivity index (χ1) is 6.93. The molecule has 6 heteroatoms. The summed E-state index contributed by atoms with van der Waals surface area (Å²) in [5.74, 6) is 0.253. The average molecular weight is 240 g/mol. The van der Waals surface area contributed by atoms with Gasteiger partial charge >= 0.3 is 6.18 Å². The Morgan fingerprint density at radius 2 is 2.20 bits per heavy atom. The number of alkyl halides is 4. The molecule has 0 spiro atoms. The number of hydrogen-bond donors (Lipinski definition) is 0. The third-order valence-electron chi connectivity index (χ3n) is 1.70. The molecule has 0 aliphatic heterocycles. The lowest BCUT2D eigenvalue weighted by Gasteiger charge is -2.17. The maximum absolute atomic E-state index is 12.2. The number of nitrogens with zero attached hydrogens (tertiary/aromatic N) is 1. The van der Waals surface area contributed by atoms with Gasteiger partial charge in [-0.1, -0.05) is 0 Å². The van der Waals surface area contributed by atoms with Gasteiger partial charge in [-0.15, -0.1) is 11.6 Å². The van der Waals surface area contributed by atoms with Gasteiger partial charge < -0.3 is 4.74 Å². The number of hydrogen-bond acceptors (Lipinski definition) is 2. The van der Waals surface area contributed by atoms with Crippen LogP contribution in [0.1, 0.15) is 12.6 Å². The molecule has 0 aliphatic carbocycles. The summed E-state index contributed by atoms with van der Waals surface area (Å²) in [6.07, 6.45) is -4.86. The smallest absolute Gasteiger partial charge is 0.425 e. The fourth-order valence-corrected chi connectivity index (χ4v) is 1.02. The normalized spacial score (nSPS) is 13.7. The van der Waals surface area contributed by atoms with Crippen LogP contribution >= 0.6 is 11.6 Å². The SMILES string of the molecule is CC(Oc1ccnc(CCl)c1)C(F)(F)F. The standard InChI is InChI=1S/C9H9ClF3NO/c1-6(9(11,12)13)15-8-2-3-14-7(4-8)5-10/h2-4,6H,5H2,1H3. The first-order valence-corrected chi connectivity index (χ1v) is 4.71. The summed E-state index contributed by atoms with van der Waals surface area (Å²) < 4.78 is 41.1. The molecule has 1 aromatic heterocycles. The summed E-state index contributed by atoms with van der Waals surface area (Å²) in [6.45, 7) is 0.945. The Bertz CT molecular complexity index is 329. The molecular weight excluding hydrogens is 231 g/mol. The molecule has 0 amide bonds. The van der Waals surface area contributed by atoms with E-state index >= 15 is 0 Å². The number of pyridine rings is 1. The lowest BCUT2D eigenvalue weighted by molar-refractivity contribution is -0.189. The van der Waals surface area contributed by atoms with Crippen molar-refractivity contribution >= 4 is 11.6 Å². The summed E-state index contributed by atoms with van der Waals surface area (Å²) in [4.78, 5) is 3.83. The van der Waals surface area contributed by atoms with E-state index in [1.807, 2.05) is 0 Å². The van der Waals surface area contributed by atoms with Gasteiger partial charge in [0, 0.05) is 12.3 Å². The number of ether oxygens (including phenoxy) is 1. The van der Waals surface area contributed by atoms with Gasteiger partial charge in [0.25, 0.3) is 0 Å². The number of aromatic nitrogens is 1. The molecule has 0 aliphatic rings. The molecular formula is C9H9ClF3NO. The van der Waals surface area contributed by atoms with E-state index in [-0.39, 0.29) is 11.6 Å². The van der Waals surface area contributed by atoms with Crippen molar-refractivity contribution < 1.29 is 17.9 Å². The quantitative estimate of drug-likeness (QED) is 0.756. The molecule has 1 unspecified atom stereocenters. The van der Waals surface area contributed by atoms with E-state index in [0.29, 0.717) is 5.69 Å². The fourth-order valence-electron chi connectivity index (χ4n) is 0.873. The maximum Gasteiger partial charge on any atom is 0.425 e. The van der Waals surface area contributed by atoms with Crippen molar-refractivity contribution in [2.75, 3.05) is 0 Å². The molecule has 1 rings (SSSR count). The molecule has 1 atom stereocenters. The number of halogens is 4. The molecule has 1 heterocycles. The summed E-state index contributed by atoms with van der Waals surface area (Å²) >= 11 is 5.49. The maximum atomic E-state index is 12.2. The van der Waals surface area contributed by atoms with Gasteiger partial charge in [-0.25, -0.2) is 0 Å². The molecule has 84 valence electrons. The third-order valence-corrected chi connectivity index (χ3v) is 1.97. The Balaban J connectivity index is 2.72. The van der Waals surface area contributed by atoms with E-state index < -0.39 is 12.3 Å². The van der Waals surface area contributed by atoms with E-state index in [1.54, 1.807) is 0 Å². The van der Waals surface area contributed by atoms with Crippen LogP contribution in [0.5, 0.6) is 5.75 Å². The van der Waals surface area contributed by atoms with Crippen LogP contribution in [0.25, 0.3) is 0 Å². The third kappa shape index (κ3) is 3.58. The van der Waals surface area contributed by atoms with Crippen molar-refractivity contribution in [2.45, 2.75) is 25.1 Å². The lowest BCUT2D eigenvalue weighted by Crippen LogP contribution is -2.31. The van der Waals surface area contributed by atoms with Crippen LogP contribution in [-0.2, 0) is 5.88 Å². The van der Waals surface area contributed by atoms with Crippen LogP contribution < -0.4 is 4.74 Å². The van der Waals surface area contributed by atoms with E-state index in [9.17, 15) is 13.2 Å². The summed E-state index contributed by atoms with van der Waals surface area (Å²) in [6, 6.07) is 2.74. The monoisotopic (exact) mass is 239 g/mol. The first-order valence-electron chi connectivity index (χ1n) is 4.17. The predicted octanol–water partition coefficient (Wildman–Crippen LogP) is 3.15. The van der Waals surface area contributed by atoms with Crippen LogP contribution in [-0.4, -0.2) is 17.3 Å². The topological polar surface area (TPSA) is 22.1 Å². The van der Waals surface area contributed by atoms with Crippen LogP contribution in [0.3, 0.4) is 0 Å². The Morgan fingerprint density at radius 3 is 2.73 bits per heavy atom. The van der Waals surface area contributed by atoms with Crippen LogP contribution in [0.15, 0.2) is 18.3 Å². The minimum Gasteiger partial charge on any atom is -0.481 e. The highest BCUT2D eigenvalue weighted by atomic mass is 35.5. The summed E-state index contributed by atoms with van der Waals surface area (Å²) in [5, 5.41) is 0.